The van der Waals surface area contributed by atoms with Gasteiger partial charge < -0.3 is 20.3 Å². The van der Waals surface area contributed by atoms with E-state index in [9.17, 15) is 9.59 Å². The highest BCUT2D eigenvalue weighted by Gasteiger charge is 2.32. The fourth-order valence-corrected chi connectivity index (χ4v) is 3.73. The molecule has 32 heavy (non-hydrogen) atoms. The molecule has 6 nitrogen and oxygen atoms in total. The molecule has 0 aliphatic carbocycles. The number of urea groups is 1. The smallest absolute Gasteiger partial charge is 0.319 e. The summed E-state index contributed by atoms with van der Waals surface area (Å²) in [6, 6.07) is 13.0. The average molecular weight is 436 g/mol. The van der Waals surface area contributed by atoms with Crippen LogP contribution in [0.2, 0.25) is 0 Å². The molecule has 0 saturated carbocycles. The van der Waals surface area contributed by atoms with Gasteiger partial charge in [0.25, 0.3) is 5.91 Å². The summed E-state index contributed by atoms with van der Waals surface area (Å²) in [6.45, 7) is 16.4. The zero-order valence-corrected chi connectivity index (χ0v) is 19.8. The van der Waals surface area contributed by atoms with Crippen LogP contribution in [0.4, 0.5) is 16.2 Å². The van der Waals surface area contributed by atoms with E-state index in [0.29, 0.717) is 23.9 Å². The molecule has 2 aromatic rings. The van der Waals surface area contributed by atoms with Crippen LogP contribution in [0.1, 0.15) is 52.7 Å². The lowest BCUT2D eigenvalue weighted by Crippen LogP contribution is -2.46. The third kappa shape index (κ3) is 5.13. The van der Waals surface area contributed by atoms with Crippen molar-refractivity contribution in [3.8, 4) is 5.75 Å². The number of nitrogens with zero attached hydrogens (tertiary/aromatic N) is 1. The zero-order valence-electron chi connectivity index (χ0n) is 19.8. The van der Waals surface area contributed by atoms with Gasteiger partial charge in [-0.1, -0.05) is 44.2 Å². The molecular formula is C26H33N3O3. The van der Waals surface area contributed by atoms with Crippen LogP contribution in [0.5, 0.6) is 5.75 Å². The second kappa shape index (κ2) is 9.07. The zero-order chi connectivity index (χ0) is 23.6. The van der Waals surface area contributed by atoms with Crippen molar-refractivity contribution >= 4 is 28.9 Å². The monoisotopic (exact) mass is 435 g/mol. The number of ether oxygens (including phenoxy) is 1. The van der Waals surface area contributed by atoms with Crippen LogP contribution in [0.25, 0.3) is 5.57 Å². The van der Waals surface area contributed by atoms with Gasteiger partial charge >= 0.3 is 6.03 Å². The number of hydrogen-bond donors (Lipinski definition) is 2. The predicted molar refractivity (Wildman–Crippen MR) is 130 cm³/mol. The summed E-state index contributed by atoms with van der Waals surface area (Å²) in [5.74, 6) is 0.860. The summed E-state index contributed by atoms with van der Waals surface area (Å²) in [6.07, 6.45) is -0.565. The third-order valence-electron chi connectivity index (χ3n) is 5.48. The van der Waals surface area contributed by atoms with Gasteiger partial charge in [-0.25, -0.2) is 4.79 Å². The molecule has 0 saturated heterocycles. The minimum absolute atomic E-state index is 0.0524. The highest BCUT2D eigenvalue weighted by atomic mass is 16.5. The van der Waals surface area contributed by atoms with Gasteiger partial charge in [-0.2, -0.15) is 0 Å². The van der Waals surface area contributed by atoms with Crippen LogP contribution in [0.3, 0.4) is 0 Å². The van der Waals surface area contributed by atoms with Crippen molar-refractivity contribution in [3.05, 3.63) is 60.2 Å². The van der Waals surface area contributed by atoms with E-state index in [1.165, 1.54) is 0 Å². The van der Waals surface area contributed by atoms with Crippen molar-refractivity contribution in [3.63, 3.8) is 0 Å². The maximum Gasteiger partial charge on any atom is 0.319 e. The Kier molecular flexibility index (Phi) is 6.63. The molecule has 0 aromatic heterocycles. The van der Waals surface area contributed by atoms with E-state index in [4.69, 9.17) is 4.74 Å². The van der Waals surface area contributed by atoms with E-state index < -0.39 is 11.6 Å². The number of anilines is 2. The molecule has 170 valence electrons. The topological polar surface area (TPSA) is 70.7 Å². The highest BCUT2D eigenvalue weighted by molar-refractivity contribution is 6.00. The Morgan fingerprint density at radius 1 is 1.22 bits per heavy atom. The summed E-state index contributed by atoms with van der Waals surface area (Å²) in [5.41, 5.74) is 3.73. The molecule has 6 heteroatoms. The SMILES string of the molecule is C=C(C)c1cccc(C(C)(C)NC(=O)Nc2ccc3c(c2)OC(C)C(=O)N3CC(C)C)c1. The first-order valence-electron chi connectivity index (χ1n) is 11.0. The second-order valence-corrected chi connectivity index (χ2v) is 9.35. The normalized spacial score (nSPS) is 15.8. The van der Waals surface area contributed by atoms with E-state index >= 15 is 0 Å². The van der Waals surface area contributed by atoms with E-state index in [0.717, 1.165) is 22.4 Å². The van der Waals surface area contributed by atoms with E-state index in [-0.39, 0.29) is 11.9 Å². The number of carbonyl (C=O) groups excluding carboxylic acids is 2. The highest BCUT2D eigenvalue weighted by Crippen LogP contribution is 2.36. The lowest BCUT2D eigenvalue weighted by molar-refractivity contribution is -0.125. The first-order valence-corrected chi connectivity index (χ1v) is 11.0. The van der Waals surface area contributed by atoms with Crippen LogP contribution in [-0.2, 0) is 10.3 Å². The number of amides is 3. The molecule has 1 atom stereocenters. The van der Waals surface area contributed by atoms with Gasteiger partial charge in [-0.3, -0.25) is 4.79 Å². The van der Waals surface area contributed by atoms with Crippen LogP contribution < -0.4 is 20.3 Å². The van der Waals surface area contributed by atoms with Gasteiger partial charge in [-0.15, -0.1) is 0 Å². The summed E-state index contributed by atoms with van der Waals surface area (Å²) in [7, 11) is 0. The summed E-state index contributed by atoms with van der Waals surface area (Å²) < 4.78 is 5.81. The number of carbonyl (C=O) groups is 2. The van der Waals surface area contributed by atoms with Gasteiger partial charge in [-0.05, 0) is 62.9 Å². The molecule has 2 aromatic carbocycles. The average Bonchev–Trinajstić information content (AvgIpc) is 2.70. The maximum atomic E-state index is 12.8. The molecule has 2 N–H and O–H groups in total. The van der Waals surface area contributed by atoms with Crippen LogP contribution >= 0.6 is 0 Å². The second-order valence-electron chi connectivity index (χ2n) is 9.35. The predicted octanol–water partition coefficient (Wildman–Crippen LogP) is 5.55. The number of rotatable bonds is 6. The Labute approximate surface area is 190 Å². The summed E-state index contributed by atoms with van der Waals surface area (Å²) in [5, 5.41) is 5.92. The van der Waals surface area contributed by atoms with Crippen molar-refractivity contribution in [1.82, 2.24) is 5.32 Å². The Balaban J connectivity index is 1.76. The number of allylic oxidation sites excluding steroid dienone is 1. The van der Waals surface area contributed by atoms with Gasteiger partial charge in [0.1, 0.15) is 5.75 Å². The van der Waals surface area contributed by atoms with Crippen molar-refractivity contribution in [1.29, 1.82) is 0 Å². The molecule has 1 heterocycles. The first kappa shape index (κ1) is 23.4. The van der Waals surface area contributed by atoms with Crippen molar-refractivity contribution in [2.45, 2.75) is 53.2 Å². The Bertz CT molecular complexity index is 1040. The molecule has 3 amide bonds. The van der Waals surface area contributed by atoms with Gasteiger partial charge in [0.05, 0.1) is 11.2 Å². The Morgan fingerprint density at radius 3 is 2.59 bits per heavy atom. The van der Waals surface area contributed by atoms with Crippen LogP contribution in [0, 0.1) is 5.92 Å². The quantitative estimate of drug-likeness (QED) is 0.625. The van der Waals surface area contributed by atoms with Crippen molar-refractivity contribution in [2.75, 3.05) is 16.8 Å². The van der Waals surface area contributed by atoms with Crippen LogP contribution in [-0.4, -0.2) is 24.6 Å². The Morgan fingerprint density at radius 2 is 1.94 bits per heavy atom. The van der Waals surface area contributed by atoms with Gasteiger partial charge in [0.15, 0.2) is 6.10 Å². The fourth-order valence-electron chi connectivity index (χ4n) is 3.73. The van der Waals surface area contributed by atoms with Gasteiger partial charge in [0, 0.05) is 18.3 Å². The minimum atomic E-state index is -0.588. The molecule has 0 fully saturated rings. The van der Waals surface area contributed by atoms with Crippen LogP contribution in [0.15, 0.2) is 49.0 Å². The fraction of sp³-hybridized carbons (Fsp3) is 0.385. The van der Waals surface area contributed by atoms with Crippen molar-refractivity contribution < 1.29 is 14.3 Å². The molecular weight excluding hydrogens is 402 g/mol. The van der Waals surface area contributed by atoms with Crippen molar-refractivity contribution in [2.24, 2.45) is 5.92 Å². The van der Waals surface area contributed by atoms with E-state index in [1.54, 1.807) is 24.0 Å². The molecule has 0 bridgehead atoms. The summed E-state index contributed by atoms with van der Waals surface area (Å²) >= 11 is 0. The standard InChI is InChI=1S/C26H33N3O3/c1-16(2)15-29-22-12-11-21(14-23(22)32-18(5)24(29)30)27-25(31)28-26(6,7)20-10-8-9-19(13-20)17(3)4/h8-14,16,18H,3,15H2,1-2,4-7H3,(H2,27,28,31). The lowest BCUT2D eigenvalue weighted by atomic mass is 9.92. The molecule has 1 unspecified atom stereocenters. The number of nitrogens with one attached hydrogen (secondary N) is 2. The number of fused-ring (bicyclic) bond motifs is 1. The molecule has 1 aliphatic heterocycles. The number of hydrogen-bond acceptors (Lipinski definition) is 3. The summed E-state index contributed by atoms with van der Waals surface area (Å²) in [4.78, 5) is 27.1. The maximum absolute atomic E-state index is 12.8. The largest absolute Gasteiger partial charge is 0.479 e. The van der Waals surface area contributed by atoms with E-state index in [2.05, 4.69) is 31.1 Å². The molecule has 0 radical (unpaired) electrons. The molecule has 1 aliphatic rings. The number of benzene rings is 2. The third-order valence-corrected chi connectivity index (χ3v) is 5.48. The minimum Gasteiger partial charge on any atom is -0.479 e. The molecule has 0 spiro atoms. The first-order chi connectivity index (χ1) is 15.0. The van der Waals surface area contributed by atoms with Gasteiger partial charge in [0.2, 0.25) is 0 Å². The Hall–Kier alpha value is -3.28. The molecule has 3 rings (SSSR count). The van der Waals surface area contributed by atoms with E-state index in [1.807, 2.05) is 51.1 Å². The lowest BCUT2D eigenvalue weighted by Gasteiger charge is -2.34.